The maximum Gasteiger partial charge on any atom is 0.257 e. The Bertz CT molecular complexity index is 812. The first-order valence-corrected chi connectivity index (χ1v) is 7.77. The lowest BCUT2D eigenvalue weighted by Crippen LogP contribution is -2.42. The van der Waals surface area contributed by atoms with Crippen molar-refractivity contribution in [3.8, 4) is 0 Å². The van der Waals surface area contributed by atoms with E-state index in [4.69, 9.17) is 9.26 Å². The number of morpholine rings is 1. The van der Waals surface area contributed by atoms with Gasteiger partial charge < -0.3 is 9.26 Å². The number of H-pyrrole nitrogens is 1. The number of rotatable bonds is 3. The molecule has 3 aromatic rings. The minimum atomic E-state index is -0.171. The van der Waals surface area contributed by atoms with Crippen LogP contribution >= 0.6 is 0 Å². The Morgan fingerprint density at radius 2 is 2.26 bits per heavy atom. The second-order valence-electron chi connectivity index (χ2n) is 6.10. The highest BCUT2D eigenvalue weighted by Gasteiger charge is 2.30. The van der Waals surface area contributed by atoms with Crippen LogP contribution in [0, 0.1) is 6.92 Å². The van der Waals surface area contributed by atoms with Crippen molar-refractivity contribution in [2.24, 2.45) is 0 Å². The molecule has 7 nitrogen and oxygen atoms in total. The Morgan fingerprint density at radius 1 is 1.35 bits per heavy atom. The summed E-state index contributed by atoms with van der Waals surface area (Å²) in [7, 11) is 0. The number of aryl methyl sites for hydroxylation is 1. The predicted molar refractivity (Wildman–Crippen MR) is 83.7 cm³/mol. The molecule has 1 N–H and O–H groups in total. The summed E-state index contributed by atoms with van der Waals surface area (Å²) in [6.45, 7) is 6.36. The zero-order chi connectivity index (χ0) is 15.8. The molecule has 0 radical (unpaired) electrons. The molecule has 1 aliphatic heterocycles. The van der Waals surface area contributed by atoms with E-state index in [1.165, 1.54) is 5.56 Å². The third-order valence-electron chi connectivity index (χ3n) is 4.07. The van der Waals surface area contributed by atoms with Crippen LogP contribution in [0.25, 0.3) is 10.9 Å². The van der Waals surface area contributed by atoms with Crippen molar-refractivity contribution in [3.05, 3.63) is 41.7 Å². The second-order valence-corrected chi connectivity index (χ2v) is 6.10. The van der Waals surface area contributed by atoms with Crippen LogP contribution in [0.15, 0.2) is 28.9 Å². The number of hydrogen-bond acceptors (Lipinski definition) is 6. The number of aromatic amines is 1. The van der Waals surface area contributed by atoms with E-state index in [1.807, 2.05) is 13.1 Å². The van der Waals surface area contributed by atoms with Crippen molar-refractivity contribution in [3.63, 3.8) is 0 Å². The highest BCUT2D eigenvalue weighted by atomic mass is 16.5. The van der Waals surface area contributed by atoms with Crippen LogP contribution in [-0.2, 0) is 11.3 Å². The van der Waals surface area contributed by atoms with Crippen molar-refractivity contribution >= 4 is 10.9 Å². The maximum absolute atomic E-state index is 5.96. The topological polar surface area (TPSA) is 80.1 Å². The number of fused-ring (bicyclic) bond motifs is 1. The molecule has 120 valence electrons. The van der Waals surface area contributed by atoms with Crippen molar-refractivity contribution < 1.29 is 9.26 Å². The molecule has 7 heteroatoms. The predicted octanol–water partition coefficient (Wildman–Crippen LogP) is 2.22. The maximum atomic E-state index is 5.96. The molecule has 2 atom stereocenters. The molecule has 2 aromatic heterocycles. The summed E-state index contributed by atoms with van der Waals surface area (Å²) in [5.41, 5.74) is 2.31. The molecular formula is C16H19N5O2. The van der Waals surface area contributed by atoms with Crippen LogP contribution in [-0.4, -0.2) is 44.4 Å². The first-order chi connectivity index (χ1) is 11.2. The zero-order valence-corrected chi connectivity index (χ0v) is 13.2. The first kappa shape index (κ1) is 14.3. The molecule has 1 saturated heterocycles. The molecule has 1 fully saturated rings. The third-order valence-corrected chi connectivity index (χ3v) is 4.07. The van der Waals surface area contributed by atoms with E-state index in [2.05, 4.69) is 50.4 Å². The monoisotopic (exact) mass is 313 g/mol. The van der Waals surface area contributed by atoms with Gasteiger partial charge >= 0.3 is 0 Å². The van der Waals surface area contributed by atoms with E-state index >= 15 is 0 Å². The summed E-state index contributed by atoms with van der Waals surface area (Å²) in [5.74, 6) is 1.20. The summed E-state index contributed by atoms with van der Waals surface area (Å²) in [4.78, 5) is 6.66. The second kappa shape index (κ2) is 5.75. The lowest BCUT2D eigenvalue weighted by atomic mass is 10.1. The fourth-order valence-corrected chi connectivity index (χ4v) is 3.09. The van der Waals surface area contributed by atoms with Crippen molar-refractivity contribution in [2.45, 2.75) is 32.6 Å². The van der Waals surface area contributed by atoms with Gasteiger partial charge in [-0.25, -0.2) is 0 Å². The van der Waals surface area contributed by atoms with Gasteiger partial charge in [-0.2, -0.15) is 10.1 Å². The van der Waals surface area contributed by atoms with E-state index in [0.29, 0.717) is 11.7 Å². The average molecular weight is 313 g/mol. The average Bonchev–Trinajstić information content (AvgIpc) is 3.15. The summed E-state index contributed by atoms with van der Waals surface area (Å²) in [6, 6.07) is 6.38. The van der Waals surface area contributed by atoms with Crippen LogP contribution in [0.2, 0.25) is 0 Å². The van der Waals surface area contributed by atoms with Gasteiger partial charge in [0.15, 0.2) is 5.82 Å². The van der Waals surface area contributed by atoms with E-state index < -0.39 is 0 Å². The first-order valence-electron chi connectivity index (χ1n) is 7.77. The normalized spacial score (nSPS) is 22.7. The van der Waals surface area contributed by atoms with Gasteiger partial charge in [-0.1, -0.05) is 17.3 Å². The third kappa shape index (κ3) is 2.97. The fourth-order valence-electron chi connectivity index (χ4n) is 3.09. The van der Waals surface area contributed by atoms with Crippen molar-refractivity contribution in [2.75, 3.05) is 13.1 Å². The molecule has 0 bridgehead atoms. The number of nitrogens with one attached hydrogen (secondary N) is 1. The molecule has 0 amide bonds. The Kier molecular flexibility index (Phi) is 3.59. The summed E-state index contributed by atoms with van der Waals surface area (Å²) in [6.07, 6.45) is 1.79. The summed E-state index contributed by atoms with van der Waals surface area (Å²) in [5, 5.41) is 12.1. The molecular weight excluding hydrogens is 294 g/mol. The molecule has 23 heavy (non-hydrogen) atoms. The van der Waals surface area contributed by atoms with Crippen LogP contribution in [0.3, 0.4) is 0 Å². The number of nitrogens with zero attached hydrogens (tertiary/aromatic N) is 4. The smallest absolute Gasteiger partial charge is 0.257 e. The molecule has 0 spiro atoms. The molecule has 0 saturated carbocycles. The van der Waals surface area contributed by atoms with Gasteiger partial charge in [0.05, 0.1) is 17.8 Å². The van der Waals surface area contributed by atoms with Crippen LogP contribution in [0.1, 0.15) is 30.3 Å². The van der Waals surface area contributed by atoms with E-state index in [0.717, 1.165) is 30.5 Å². The number of ether oxygens (including phenoxy) is 1. The standard InChI is InChI=1S/C16H19N5O2/c1-10-7-21(9-15(22-10)16-18-11(2)20-23-16)8-12-3-4-13-6-17-19-14(13)5-12/h3-6,10,15H,7-9H2,1-2H3,(H,17,19)/t10-,15-/m1/s1. The Morgan fingerprint density at radius 3 is 3.09 bits per heavy atom. The van der Waals surface area contributed by atoms with E-state index in [9.17, 15) is 0 Å². The van der Waals surface area contributed by atoms with Gasteiger partial charge in [0.1, 0.15) is 6.10 Å². The van der Waals surface area contributed by atoms with Gasteiger partial charge in [-0.05, 0) is 25.5 Å². The SMILES string of the molecule is Cc1noc([C@H]2CN(Cc3ccc4cn[nH]c4c3)C[C@@H](C)O2)n1. The fraction of sp³-hybridized carbons (Fsp3) is 0.438. The molecule has 0 unspecified atom stereocenters. The summed E-state index contributed by atoms with van der Waals surface area (Å²) < 4.78 is 11.2. The van der Waals surface area contributed by atoms with Gasteiger partial charge in [-0.3, -0.25) is 10.00 Å². The highest BCUT2D eigenvalue weighted by molar-refractivity contribution is 5.78. The van der Waals surface area contributed by atoms with Crippen molar-refractivity contribution in [1.29, 1.82) is 0 Å². The minimum Gasteiger partial charge on any atom is -0.363 e. The minimum absolute atomic E-state index is 0.122. The van der Waals surface area contributed by atoms with Gasteiger partial charge in [0.25, 0.3) is 5.89 Å². The summed E-state index contributed by atoms with van der Waals surface area (Å²) >= 11 is 0. The van der Waals surface area contributed by atoms with Crippen molar-refractivity contribution in [1.82, 2.24) is 25.2 Å². The van der Waals surface area contributed by atoms with Crippen LogP contribution in [0.4, 0.5) is 0 Å². The van der Waals surface area contributed by atoms with E-state index in [-0.39, 0.29) is 12.2 Å². The highest BCUT2D eigenvalue weighted by Crippen LogP contribution is 2.25. The lowest BCUT2D eigenvalue weighted by Gasteiger charge is -2.35. The quantitative estimate of drug-likeness (QED) is 0.798. The number of hydrogen-bond donors (Lipinski definition) is 1. The Hall–Kier alpha value is -2.25. The molecule has 1 aliphatic rings. The molecule has 4 rings (SSSR count). The van der Waals surface area contributed by atoms with Gasteiger partial charge in [0.2, 0.25) is 0 Å². The Labute approximate surface area is 133 Å². The number of benzene rings is 1. The van der Waals surface area contributed by atoms with E-state index in [1.54, 1.807) is 0 Å². The lowest BCUT2D eigenvalue weighted by molar-refractivity contribution is -0.0930. The number of aromatic nitrogens is 4. The zero-order valence-electron chi connectivity index (χ0n) is 13.2. The van der Waals surface area contributed by atoms with Crippen LogP contribution < -0.4 is 0 Å². The molecule has 1 aromatic carbocycles. The largest absolute Gasteiger partial charge is 0.363 e. The molecule has 3 heterocycles. The van der Waals surface area contributed by atoms with Gasteiger partial charge in [0, 0.05) is 25.0 Å². The Balaban J connectivity index is 1.51. The van der Waals surface area contributed by atoms with Crippen LogP contribution in [0.5, 0.6) is 0 Å². The van der Waals surface area contributed by atoms with Gasteiger partial charge in [-0.15, -0.1) is 0 Å². The molecule has 0 aliphatic carbocycles.